The predicted octanol–water partition coefficient (Wildman–Crippen LogP) is 2.20. The molecule has 0 radical (unpaired) electrons. The van der Waals surface area contributed by atoms with Crippen LogP contribution >= 0.6 is 0 Å². The van der Waals surface area contributed by atoms with Gasteiger partial charge in [-0.2, -0.15) is 0 Å². The van der Waals surface area contributed by atoms with E-state index >= 15 is 0 Å². The summed E-state index contributed by atoms with van der Waals surface area (Å²) < 4.78 is 0. The van der Waals surface area contributed by atoms with Gasteiger partial charge in [0, 0.05) is 23.7 Å². The molecule has 2 atom stereocenters. The van der Waals surface area contributed by atoms with Crippen LogP contribution in [-0.2, 0) is 9.59 Å². The highest BCUT2D eigenvalue weighted by molar-refractivity contribution is 6.01. The van der Waals surface area contributed by atoms with Gasteiger partial charge < -0.3 is 10.0 Å². The summed E-state index contributed by atoms with van der Waals surface area (Å²) in [5, 5.41) is 8.95. The lowest BCUT2D eigenvalue weighted by atomic mass is 9.85. The number of rotatable bonds is 2. The second kappa shape index (κ2) is 5.12. The minimum absolute atomic E-state index is 0.0794. The standard InChI is InChI=1S/C14H21NO3/c1-9(10(2)14(17)18)13(16)15-8-7-11-5-3-4-6-12(11)15/h11-12H,3-8H2,1-2H3,(H,17,18). The van der Waals surface area contributed by atoms with E-state index in [4.69, 9.17) is 5.11 Å². The summed E-state index contributed by atoms with van der Waals surface area (Å²) in [6.07, 6.45) is 5.83. The van der Waals surface area contributed by atoms with Gasteiger partial charge in [-0.3, -0.25) is 4.79 Å². The van der Waals surface area contributed by atoms with Crippen molar-refractivity contribution in [3.8, 4) is 0 Å². The van der Waals surface area contributed by atoms with Gasteiger partial charge in [-0.1, -0.05) is 12.8 Å². The van der Waals surface area contributed by atoms with Crippen molar-refractivity contribution in [2.75, 3.05) is 6.54 Å². The third-order valence-electron chi connectivity index (χ3n) is 4.48. The molecule has 1 saturated carbocycles. The molecule has 1 heterocycles. The number of carboxylic acid groups (broad SMARTS) is 1. The van der Waals surface area contributed by atoms with E-state index in [0.717, 1.165) is 19.4 Å². The molecule has 2 rings (SSSR count). The number of carboxylic acids is 1. The molecule has 0 aromatic carbocycles. The number of carbonyl (C=O) groups is 2. The normalized spacial score (nSPS) is 28.7. The van der Waals surface area contributed by atoms with E-state index < -0.39 is 5.97 Å². The Labute approximate surface area is 108 Å². The Balaban J connectivity index is 2.15. The molecule has 0 spiro atoms. The second-order valence-electron chi connectivity index (χ2n) is 5.45. The van der Waals surface area contributed by atoms with Crippen LogP contribution in [0.15, 0.2) is 11.1 Å². The van der Waals surface area contributed by atoms with E-state index in [0.29, 0.717) is 17.5 Å². The van der Waals surface area contributed by atoms with Gasteiger partial charge in [0.2, 0.25) is 5.91 Å². The van der Waals surface area contributed by atoms with Crippen LogP contribution in [0.2, 0.25) is 0 Å². The van der Waals surface area contributed by atoms with E-state index in [9.17, 15) is 9.59 Å². The van der Waals surface area contributed by atoms with Crippen LogP contribution in [-0.4, -0.2) is 34.5 Å². The fourth-order valence-electron chi connectivity index (χ4n) is 3.19. The largest absolute Gasteiger partial charge is 0.478 e. The zero-order valence-electron chi connectivity index (χ0n) is 11.1. The van der Waals surface area contributed by atoms with Gasteiger partial charge in [-0.25, -0.2) is 4.79 Å². The summed E-state index contributed by atoms with van der Waals surface area (Å²) in [5.74, 6) is -0.440. The molecule has 1 aliphatic heterocycles. The van der Waals surface area contributed by atoms with Gasteiger partial charge >= 0.3 is 5.97 Å². The van der Waals surface area contributed by atoms with Crippen molar-refractivity contribution in [3.05, 3.63) is 11.1 Å². The van der Waals surface area contributed by atoms with Crippen LogP contribution in [0.1, 0.15) is 46.0 Å². The van der Waals surface area contributed by atoms with Crippen molar-refractivity contribution in [1.29, 1.82) is 0 Å². The molecule has 1 aliphatic carbocycles. The first kappa shape index (κ1) is 13.1. The summed E-state index contributed by atoms with van der Waals surface area (Å²) in [6.45, 7) is 3.92. The van der Waals surface area contributed by atoms with Gasteiger partial charge in [0.15, 0.2) is 0 Å². The van der Waals surface area contributed by atoms with E-state index in [1.165, 1.54) is 26.2 Å². The molecule has 4 nitrogen and oxygen atoms in total. The smallest absolute Gasteiger partial charge is 0.331 e. The van der Waals surface area contributed by atoms with Crippen LogP contribution in [0.5, 0.6) is 0 Å². The zero-order valence-corrected chi connectivity index (χ0v) is 11.1. The van der Waals surface area contributed by atoms with E-state index in [1.807, 2.05) is 4.90 Å². The first-order chi connectivity index (χ1) is 8.52. The Morgan fingerprint density at radius 3 is 2.39 bits per heavy atom. The molecular formula is C14H21NO3. The Morgan fingerprint density at radius 2 is 1.72 bits per heavy atom. The number of nitrogens with zero attached hydrogens (tertiary/aromatic N) is 1. The lowest BCUT2D eigenvalue weighted by Gasteiger charge is -2.32. The van der Waals surface area contributed by atoms with Crippen molar-refractivity contribution in [3.63, 3.8) is 0 Å². The summed E-state index contributed by atoms with van der Waals surface area (Å²) in [7, 11) is 0. The fraction of sp³-hybridized carbons (Fsp3) is 0.714. The third-order valence-corrected chi connectivity index (χ3v) is 4.48. The van der Waals surface area contributed by atoms with Gasteiger partial charge in [0.1, 0.15) is 0 Å². The quantitative estimate of drug-likeness (QED) is 0.765. The third kappa shape index (κ3) is 2.28. The van der Waals surface area contributed by atoms with Crippen molar-refractivity contribution >= 4 is 11.9 Å². The SMILES string of the molecule is CC(C(=O)O)=C(C)C(=O)N1CCC2CCCCC21. The molecule has 1 N–H and O–H groups in total. The van der Waals surface area contributed by atoms with Crippen LogP contribution in [0, 0.1) is 5.92 Å². The Bertz CT molecular complexity index is 400. The molecule has 0 aromatic rings. The molecule has 2 aliphatic rings. The number of fused-ring (bicyclic) bond motifs is 1. The molecule has 4 heteroatoms. The van der Waals surface area contributed by atoms with E-state index in [2.05, 4.69) is 0 Å². The topological polar surface area (TPSA) is 57.6 Å². The number of hydrogen-bond donors (Lipinski definition) is 1. The summed E-state index contributed by atoms with van der Waals surface area (Å²) in [4.78, 5) is 25.2. The molecule has 1 saturated heterocycles. The molecule has 2 unspecified atom stereocenters. The molecule has 0 bridgehead atoms. The molecule has 18 heavy (non-hydrogen) atoms. The van der Waals surface area contributed by atoms with Crippen LogP contribution < -0.4 is 0 Å². The maximum atomic E-state index is 12.4. The number of hydrogen-bond acceptors (Lipinski definition) is 2. The molecule has 0 aromatic heterocycles. The van der Waals surface area contributed by atoms with Crippen LogP contribution in [0.25, 0.3) is 0 Å². The van der Waals surface area contributed by atoms with Gasteiger partial charge in [0.05, 0.1) is 0 Å². The summed E-state index contributed by atoms with van der Waals surface area (Å²) in [6, 6.07) is 0.350. The number of amides is 1. The Hall–Kier alpha value is -1.32. The minimum atomic E-state index is -1.000. The van der Waals surface area contributed by atoms with Crippen LogP contribution in [0.3, 0.4) is 0 Å². The average molecular weight is 251 g/mol. The highest BCUT2D eigenvalue weighted by Crippen LogP contribution is 2.36. The van der Waals surface area contributed by atoms with Gasteiger partial charge in [-0.15, -0.1) is 0 Å². The lowest BCUT2D eigenvalue weighted by Crippen LogP contribution is -2.40. The Morgan fingerprint density at radius 1 is 1.06 bits per heavy atom. The molecule has 1 amide bonds. The predicted molar refractivity (Wildman–Crippen MR) is 68.1 cm³/mol. The minimum Gasteiger partial charge on any atom is -0.478 e. The second-order valence-corrected chi connectivity index (χ2v) is 5.45. The number of likely N-dealkylation sites (tertiary alicyclic amines) is 1. The highest BCUT2D eigenvalue weighted by atomic mass is 16.4. The van der Waals surface area contributed by atoms with E-state index in [-0.39, 0.29) is 11.5 Å². The van der Waals surface area contributed by atoms with Crippen LogP contribution in [0.4, 0.5) is 0 Å². The summed E-state index contributed by atoms with van der Waals surface area (Å²) >= 11 is 0. The van der Waals surface area contributed by atoms with Crippen molar-refractivity contribution in [1.82, 2.24) is 4.90 Å². The first-order valence-electron chi connectivity index (χ1n) is 6.74. The van der Waals surface area contributed by atoms with Gasteiger partial charge in [-0.05, 0) is 39.0 Å². The highest BCUT2D eigenvalue weighted by Gasteiger charge is 2.38. The maximum Gasteiger partial charge on any atom is 0.331 e. The molecule has 2 fully saturated rings. The maximum absolute atomic E-state index is 12.4. The monoisotopic (exact) mass is 251 g/mol. The first-order valence-corrected chi connectivity index (χ1v) is 6.74. The average Bonchev–Trinajstić information content (AvgIpc) is 2.79. The Kier molecular flexibility index (Phi) is 3.73. The van der Waals surface area contributed by atoms with Crippen molar-refractivity contribution in [2.45, 2.75) is 52.0 Å². The van der Waals surface area contributed by atoms with Gasteiger partial charge in [0.25, 0.3) is 0 Å². The molecule has 100 valence electrons. The van der Waals surface area contributed by atoms with Crippen molar-refractivity contribution < 1.29 is 14.7 Å². The summed E-state index contributed by atoms with van der Waals surface area (Å²) in [5.41, 5.74) is 0.549. The van der Waals surface area contributed by atoms with E-state index in [1.54, 1.807) is 6.92 Å². The zero-order chi connectivity index (χ0) is 13.3. The molecular weight excluding hydrogens is 230 g/mol. The number of aliphatic carboxylic acids is 1. The fourth-order valence-corrected chi connectivity index (χ4v) is 3.19. The number of carbonyl (C=O) groups excluding carboxylic acids is 1. The van der Waals surface area contributed by atoms with Crippen molar-refractivity contribution in [2.24, 2.45) is 5.92 Å². The lowest BCUT2D eigenvalue weighted by molar-refractivity contribution is -0.134.